The van der Waals surface area contributed by atoms with E-state index < -0.39 is 0 Å². The van der Waals surface area contributed by atoms with Crippen molar-refractivity contribution in [3.63, 3.8) is 0 Å². The molecule has 0 saturated carbocycles. The first-order valence-electron chi connectivity index (χ1n) is 6.08. The van der Waals surface area contributed by atoms with Gasteiger partial charge in [0.05, 0.1) is 26.0 Å². The molecular formula is C14H15NO4. The minimum atomic E-state index is 0.286. The number of benzene rings is 1. The maximum atomic E-state index is 5.65. The second-order valence-electron chi connectivity index (χ2n) is 4.25. The summed E-state index contributed by atoms with van der Waals surface area (Å²) in [6.07, 6.45) is 1.63. The summed E-state index contributed by atoms with van der Waals surface area (Å²) in [6.45, 7) is 1.66. The first-order chi connectivity index (χ1) is 9.36. The van der Waals surface area contributed by atoms with Gasteiger partial charge in [-0.15, -0.1) is 0 Å². The summed E-state index contributed by atoms with van der Waals surface area (Å²) in [7, 11) is 0. The van der Waals surface area contributed by atoms with Gasteiger partial charge in [-0.05, 0) is 23.8 Å². The Labute approximate surface area is 110 Å². The van der Waals surface area contributed by atoms with Crippen molar-refractivity contribution in [2.24, 2.45) is 5.73 Å². The molecule has 0 aliphatic carbocycles. The molecule has 0 atom stereocenters. The summed E-state index contributed by atoms with van der Waals surface area (Å²) >= 11 is 0. The van der Waals surface area contributed by atoms with Gasteiger partial charge in [-0.3, -0.25) is 0 Å². The fraction of sp³-hybridized carbons (Fsp3) is 0.286. The molecular weight excluding hydrogens is 246 g/mol. The van der Waals surface area contributed by atoms with E-state index in [1.165, 1.54) is 0 Å². The molecule has 1 aliphatic rings. The lowest BCUT2D eigenvalue weighted by Gasteiger charge is -2.05. The van der Waals surface area contributed by atoms with Crippen LogP contribution in [0.25, 0.3) is 0 Å². The Kier molecular flexibility index (Phi) is 3.39. The molecule has 1 aliphatic heterocycles. The number of ether oxygens (including phenoxy) is 3. The quantitative estimate of drug-likeness (QED) is 0.893. The van der Waals surface area contributed by atoms with Gasteiger partial charge in [0.2, 0.25) is 6.79 Å². The maximum Gasteiger partial charge on any atom is 0.231 e. The normalized spacial score (nSPS) is 12.9. The number of nitrogens with two attached hydrogens (primary N) is 1. The lowest BCUT2D eigenvalue weighted by molar-refractivity contribution is 0.106. The summed E-state index contributed by atoms with van der Waals surface area (Å²) in [6, 6.07) is 7.67. The van der Waals surface area contributed by atoms with Crippen molar-refractivity contribution in [3.05, 3.63) is 47.4 Å². The number of furan rings is 1. The summed E-state index contributed by atoms with van der Waals surface area (Å²) in [5.74, 6) is 2.32. The fourth-order valence-electron chi connectivity index (χ4n) is 1.98. The SMILES string of the molecule is NCc1occc1COCc1ccc2c(c1)OCO2. The Hall–Kier alpha value is -1.98. The van der Waals surface area contributed by atoms with Crippen molar-refractivity contribution in [3.8, 4) is 11.5 Å². The van der Waals surface area contributed by atoms with E-state index in [0.717, 1.165) is 28.4 Å². The molecule has 1 aromatic heterocycles. The summed E-state index contributed by atoms with van der Waals surface area (Å²) in [5, 5.41) is 0. The van der Waals surface area contributed by atoms with E-state index in [4.69, 9.17) is 24.4 Å². The fourth-order valence-corrected chi connectivity index (χ4v) is 1.98. The molecule has 5 nitrogen and oxygen atoms in total. The van der Waals surface area contributed by atoms with Gasteiger partial charge in [0, 0.05) is 5.56 Å². The van der Waals surface area contributed by atoms with Crippen molar-refractivity contribution in [1.29, 1.82) is 0 Å². The number of hydrogen-bond acceptors (Lipinski definition) is 5. The zero-order chi connectivity index (χ0) is 13.1. The Morgan fingerprint density at radius 2 is 2.00 bits per heavy atom. The van der Waals surface area contributed by atoms with E-state index >= 15 is 0 Å². The molecule has 0 amide bonds. The highest BCUT2D eigenvalue weighted by molar-refractivity contribution is 5.44. The minimum Gasteiger partial charge on any atom is -0.468 e. The van der Waals surface area contributed by atoms with Crippen LogP contribution in [-0.4, -0.2) is 6.79 Å². The average molecular weight is 261 g/mol. The predicted molar refractivity (Wildman–Crippen MR) is 67.7 cm³/mol. The van der Waals surface area contributed by atoms with Gasteiger partial charge in [0.1, 0.15) is 5.76 Å². The molecule has 3 rings (SSSR count). The van der Waals surface area contributed by atoms with Crippen LogP contribution in [0.4, 0.5) is 0 Å². The van der Waals surface area contributed by atoms with Gasteiger partial charge in [-0.2, -0.15) is 0 Å². The van der Waals surface area contributed by atoms with Crippen LogP contribution in [0.1, 0.15) is 16.9 Å². The first kappa shape index (κ1) is 12.1. The highest BCUT2D eigenvalue weighted by atomic mass is 16.7. The standard InChI is InChI=1S/C14H15NO4/c15-6-14-11(3-4-17-14)8-16-7-10-1-2-12-13(5-10)19-9-18-12/h1-5H,6-9,15H2. The lowest BCUT2D eigenvalue weighted by Crippen LogP contribution is -2.00. The summed E-state index contributed by atoms with van der Waals surface area (Å²) in [5.41, 5.74) is 7.59. The van der Waals surface area contributed by atoms with Crippen LogP contribution in [0.5, 0.6) is 11.5 Å². The van der Waals surface area contributed by atoms with Gasteiger partial charge in [-0.1, -0.05) is 6.07 Å². The molecule has 19 heavy (non-hydrogen) atoms. The molecule has 0 fully saturated rings. The lowest BCUT2D eigenvalue weighted by atomic mass is 10.2. The van der Waals surface area contributed by atoms with E-state index in [1.807, 2.05) is 24.3 Å². The van der Waals surface area contributed by atoms with Gasteiger partial charge in [0.15, 0.2) is 11.5 Å². The third-order valence-electron chi connectivity index (χ3n) is 2.99. The van der Waals surface area contributed by atoms with Crippen LogP contribution in [0, 0.1) is 0 Å². The van der Waals surface area contributed by atoms with Crippen molar-refractivity contribution in [2.75, 3.05) is 6.79 Å². The second-order valence-corrected chi connectivity index (χ2v) is 4.25. The van der Waals surface area contributed by atoms with E-state index in [1.54, 1.807) is 6.26 Å². The molecule has 2 heterocycles. The van der Waals surface area contributed by atoms with Gasteiger partial charge in [0.25, 0.3) is 0 Å². The average Bonchev–Trinajstić information content (AvgIpc) is 3.06. The number of fused-ring (bicyclic) bond motifs is 1. The second kappa shape index (κ2) is 5.34. The summed E-state index contributed by atoms with van der Waals surface area (Å²) < 4.78 is 21.5. The van der Waals surface area contributed by atoms with Crippen molar-refractivity contribution in [2.45, 2.75) is 19.8 Å². The van der Waals surface area contributed by atoms with Crippen molar-refractivity contribution in [1.82, 2.24) is 0 Å². The smallest absolute Gasteiger partial charge is 0.231 e. The Morgan fingerprint density at radius 1 is 1.11 bits per heavy atom. The van der Waals surface area contributed by atoms with Crippen LogP contribution >= 0.6 is 0 Å². The molecule has 2 aromatic rings. The minimum absolute atomic E-state index is 0.286. The molecule has 100 valence electrons. The third kappa shape index (κ3) is 2.57. The largest absolute Gasteiger partial charge is 0.468 e. The molecule has 0 bridgehead atoms. The van der Waals surface area contributed by atoms with E-state index in [0.29, 0.717) is 19.8 Å². The molecule has 2 N–H and O–H groups in total. The number of rotatable bonds is 5. The van der Waals surface area contributed by atoms with E-state index in [2.05, 4.69) is 0 Å². The Morgan fingerprint density at radius 3 is 2.89 bits per heavy atom. The molecule has 5 heteroatoms. The zero-order valence-electron chi connectivity index (χ0n) is 10.4. The van der Waals surface area contributed by atoms with Crippen molar-refractivity contribution < 1.29 is 18.6 Å². The van der Waals surface area contributed by atoms with Gasteiger partial charge in [-0.25, -0.2) is 0 Å². The van der Waals surface area contributed by atoms with Crippen LogP contribution in [0.2, 0.25) is 0 Å². The highest BCUT2D eigenvalue weighted by Crippen LogP contribution is 2.32. The first-order valence-corrected chi connectivity index (χ1v) is 6.08. The van der Waals surface area contributed by atoms with Crippen LogP contribution in [-0.2, 0) is 24.5 Å². The molecule has 0 saturated heterocycles. The third-order valence-corrected chi connectivity index (χ3v) is 2.99. The topological polar surface area (TPSA) is 66.9 Å². The van der Waals surface area contributed by atoms with E-state index in [-0.39, 0.29) is 6.79 Å². The van der Waals surface area contributed by atoms with Gasteiger partial charge >= 0.3 is 0 Å². The highest BCUT2D eigenvalue weighted by Gasteiger charge is 2.13. The molecule has 0 spiro atoms. The Balaban J connectivity index is 1.58. The molecule has 0 unspecified atom stereocenters. The zero-order valence-corrected chi connectivity index (χ0v) is 10.4. The predicted octanol–water partition coefficient (Wildman–Crippen LogP) is 2.18. The molecule has 0 radical (unpaired) electrons. The maximum absolute atomic E-state index is 5.65. The summed E-state index contributed by atoms with van der Waals surface area (Å²) in [4.78, 5) is 0. The molecule has 1 aromatic carbocycles. The van der Waals surface area contributed by atoms with E-state index in [9.17, 15) is 0 Å². The van der Waals surface area contributed by atoms with Crippen molar-refractivity contribution >= 4 is 0 Å². The van der Waals surface area contributed by atoms with Crippen LogP contribution in [0.15, 0.2) is 34.9 Å². The Bertz CT molecular complexity index is 564. The number of hydrogen-bond donors (Lipinski definition) is 1. The van der Waals surface area contributed by atoms with Crippen LogP contribution < -0.4 is 15.2 Å². The monoisotopic (exact) mass is 261 g/mol. The van der Waals surface area contributed by atoms with Crippen LogP contribution in [0.3, 0.4) is 0 Å². The van der Waals surface area contributed by atoms with Gasteiger partial charge < -0.3 is 24.4 Å².